The summed E-state index contributed by atoms with van der Waals surface area (Å²) >= 11 is 5.72. The number of nitrogens with zero attached hydrogens (tertiary/aromatic N) is 4. The summed E-state index contributed by atoms with van der Waals surface area (Å²) in [5.41, 5.74) is 1.58. The Bertz CT molecular complexity index is 551. The van der Waals surface area contributed by atoms with Crippen molar-refractivity contribution in [3.8, 4) is 0 Å². The fourth-order valence-electron chi connectivity index (χ4n) is 2.07. The van der Waals surface area contributed by atoms with Gasteiger partial charge in [0.05, 0.1) is 6.10 Å². The van der Waals surface area contributed by atoms with Crippen molar-refractivity contribution in [1.82, 2.24) is 19.9 Å². The summed E-state index contributed by atoms with van der Waals surface area (Å²) in [6.07, 6.45) is 2.54. The second-order valence-electron chi connectivity index (χ2n) is 4.28. The van der Waals surface area contributed by atoms with E-state index in [4.69, 9.17) is 16.3 Å². The Morgan fingerprint density at radius 1 is 1.50 bits per heavy atom. The molecule has 0 atom stereocenters. The predicted molar refractivity (Wildman–Crippen MR) is 69.1 cm³/mol. The van der Waals surface area contributed by atoms with Gasteiger partial charge in [-0.05, 0) is 0 Å². The molecular formula is C11H14ClN5O. The third-order valence-electron chi connectivity index (χ3n) is 3.13. The van der Waals surface area contributed by atoms with Gasteiger partial charge in [0, 0.05) is 32.5 Å². The highest BCUT2D eigenvalue weighted by molar-refractivity contribution is 6.17. The predicted octanol–water partition coefficient (Wildman–Crippen LogP) is 0.969. The van der Waals surface area contributed by atoms with Gasteiger partial charge in [-0.25, -0.2) is 15.0 Å². The molecule has 0 aromatic carbocycles. The second-order valence-corrected chi connectivity index (χ2v) is 4.66. The normalized spacial score (nSPS) is 16.2. The summed E-state index contributed by atoms with van der Waals surface area (Å²) in [5.74, 6) is 2.28. The van der Waals surface area contributed by atoms with Crippen molar-refractivity contribution < 1.29 is 4.74 Å². The Morgan fingerprint density at radius 3 is 3.06 bits per heavy atom. The van der Waals surface area contributed by atoms with E-state index >= 15 is 0 Å². The molecule has 0 bridgehead atoms. The maximum Gasteiger partial charge on any atom is 0.183 e. The Labute approximate surface area is 109 Å². The number of hydrogen-bond acceptors (Lipinski definition) is 5. The van der Waals surface area contributed by atoms with Gasteiger partial charge < -0.3 is 14.6 Å². The van der Waals surface area contributed by atoms with Gasteiger partial charge in [0.1, 0.15) is 17.7 Å². The molecule has 0 unspecified atom stereocenters. The molecule has 0 radical (unpaired) electrons. The number of H-pyrrole nitrogens is 1. The number of hydrogen-bond donors (Lipinski definition) is 1. The average molecular weight is 268 g/mol. The number of methoxy groups -OCH3 is 1. The minimum atomic E-state index is 0.292. The zero-order valence-electron chi connectivity index (χ0n) is 10.1. The lowest BCUT2D eigenvalue weighted by molar-refractivity contribution is 0.0784. The molecular weight excluding hydrogens is 254 g/mol. The number of rotatable bonds is 4. The monoisotopic (exact) mass is 267 g/mol. The lowest BCUT2D eigenvalue weighted by atomic mass is 10.1. The summed E-state index contributed by atoms with van der Waals surface area (Å²) in [5, 5.41) is 0. The van der Waals surface area contributed by atoms with Gasteiger partial charge in [-0.15, -0.1) is 11.6 Å². The lowest BCUT2D eigenvalue weighted by Crippen LogP contribution is -2.52. The smallest absolute Gasteiger partial charge is 0.183 e. The standard InChI is InChI=1S/C11H14ClN5O/c1-18-7-4-17(5-7)11-9-10(13-6-14-11)16-8(15-9)2-3-12/h6-7H,2-5H2,1H3,(H,13,14,15,16). The van der Waals surface area contributed by atoms with E-state index in [1.54, 1.807) is 13.4 Å². The van der Waals surface area contributed by atoms with Gasteiger partial charge in [-0.3, -0.25) is 0 Å². The van der Waals surface area contributed by atoms with Crippen molar-refractivity contribution in [2.24, 2.45) is 0 Å². The van der Waals surface area contributed by atoms with Gasteiger partial charge in [0.25, 0.3) is 0 Å². The molecule has 18 heavy (non-hydrogen) atoms. The molecule has 1 fully saturated rings. The topological polar surface area (TPSA) is 66.9 Å². The average Bonchev–Trinajstić information content (AvgIpc) is 2.71. The zero-order chi connectivity index (χ0) is 12.5. The lowest BCUT2D eigenvalue weighted by Gasteiger charge is -2.38. The van der Waals surface area contributed by atoms with Gasteiger partial charge in [0.15, 0.2) is 11.5 Å². The number of nitrogens with one attached hydrogen (secondary N) is 1. The van der Waals surface area contributed by atoms with Gasteiger partial charge in [0.2, 0.25) is 0 Å². The molecule has 2 aromatic rings. The van der Waals surface area contributed by atoms with Crippen LogP contribution in [0, 0.1) is 0 Å². The van der Waals surface area contributed by atoms with Gasteiger partial charge in [-0.2, -0.15) is 0 Å². The molecule has 3 rings (SSSR count). The first-order chi connectivity index (χ1) is 8.81. The van der Waals surface area contributed by atoms with E-state index < -0.39 is 0 Å². The molecule has 96 valence electrons. The largest absolute Gasteiger partial charge is 0.378 e. The molecule has 6 nitrogen and oxygen atoms in total. The van der Waals surface area contributed by atoms with Crippen LogP contribution >= 0.6 is 11.6 Å². The number of imidazole rings is 1. The molecule has 0 amide bonds. The molecule has 0 saturated carbocycles. The molecule has 0 aliphatic carbocycles. The molecule has 1 aliphatic rings. The Kier molecular flexibility index (Phi) is 3.05. The molecule has 1 aliphatic heterocycles. The van der Waals surface area contributed by atoms with Crippen LogP contribution in [0.3, 0.4) is 0 Å². The molecule has 1 N–H and O–H groups in total. The van der Waals surface area contributed by atoms with Crippen molar-refractivity contribution in [2.75, 3.05) is 31.0 Å². The number of halogens is 1. The van der Waals surface area contributed by atoms with Crippen LogP contribution in [-0.4, -0.2) is 52.1 Å². The fraction of sp³-hybridized carbons (Fsp3) is 0.545. The second kappa shape index (κ2) is 4.70. The maximum atomic E-state index is 5.72. The van der Waals surface area contributed by atoms with E-state index in [2.05, 4.69) is 24.8 Å². The minimum absolute atomic E-state index is 0.292. The van der Waals surface area contributed by atoms with Crippen LogP contribution in [0.25, 0.3) is 11.2 Å². The number of alkyl halides is 1. The Hall–Kier alpha value is -1.40. The van der Waals surface area contributed by atoms with Crippen LogP contribution in [0.5, 0.6) is 0 Å². The summed E-state index contributed by atoms with van der Waals surface area (Å²) < 4.78 is 5.27. The SMILES string of the molecule is COC1CN(c2ncnc3nc(CCCl)[nH]c23)C1. The first-order valence-electron chi connectivity index (χ1n) is 5.85. The summed E-state index contributed by atoms with van der Waals surface area (Å²) in [4.78, 5) is 18.3. The highest BCUT2D eigenvalue weighted by Crippen LogP contribution is 2.25. The first-order valence-corrected chi connectivity index (χ1v) is 6.38. The zero-order valence-corrected chi connectivity index (χ0v) is 10.8. The van der Waals surface area contributed by atoms with Crippen molar-refractivity contribution >= 4 is 28.6 Å². The molecule has 0 spiro atoms. The van der Waals surface area contributed by atoms with E-state index in [0.717, 1.165) is 30.2 Å². The highest BCUT2D eigenvalue weighted by Gasteiger charge is 2.29. The maximum absolute atomic E-state index is 5.72. The van der Waals surface area contributed by atoms with Crippen LogP contribution < -0.4 is 4.90 Å². The number of aromatic amines is 1. The van der Waals surface area contributed by atoms with Crippen LogP contribution in [-0.2, 0) is 11.2 Å². The van der Waals surface area contributed by atoms with E-state index in [-0.39, 0.29) is 0 Å². The molecule has 2 aromatic heterocycles. The Balaban J connectivity index is 1.92. The first kappa shape index (κ1) is 11.7. The van der Waals surface area contributed by atoms with Crippen LogP contribution in [0.2, 0.25) is 0 Å². The number of anilines is 1. The number of ether oxygens (including phenoxy) is 1. The molecule has 7 heteroatoms. The number of aryl methyl sites for hydroxylation is 1. The van der Waals surface area contributed by atoms with E-state index in [0.29, 0.717) is 24.1 Å². The van der Waals surface area contributed by atoms with Crippen molar-refractivity contribution in [3.05, 3.63) is 12.2 Å². The molecule has 1 saturated heterocycles. The summed E-state index contributed by atoms with van der Waals surface area (Å²) in [6, 6.07) is 0. The van der Waals surface area contributed by atoms with Crippen LogP contribution in [0.1, 0.15) is 5.82 Å². The van der Waals surface area contributed by atoms with Crippen LogP contribution in [0.4, 0.5) is 5.82 Å². The van der Waals surface area contributed by atoms with E-state index in [1.165, 1.54) is 0 Å². The van der Waals surface area contributed by atoms with Crippen molar-refractivity contribution in [3.63, 3.8) is 0 Å². The highest BCUT2D eigenvalue weighted by atomic mass is 35.5. The van der Waals surface area contributed by atoms with Crippen molar-refractivity contribution in [1.29, 1.82) is 0 Å². The fourth-order valence-corrected chi connectivity index (χ4v) is 2.25. The quantitative estimate of drug-likeness (QED) is 0.836. The van der Waals surface area contributed by atoms with Crippen LogP contribution in [0.15, 0.2) is 6.33 Å². The van der Waals surface area contributed by atoms with Crippen molar-refractivity contribution in [2.45, 2.75) is 12.5 Å². The minimum Gasteiger partial charge on any atom is -0.378 e. The van der Waals surface area contributed by atoms with E-state index in [9.17, 15) is 0 Å². The van der Waals surface area contributed by atoms with Gasteiger partial charge in [-0.1, -0.05) is 0 Å². The molecule has 3 heterocycles. The Morgan fingerprint density at radius 2 is 2.33 bits per heavy atom. The third kappa shape index (κ3) is 1.91. The number of aromatic nitrogens is 4. The summed E-state index contributed by atoms with van der Waals surface area (Å²) in [7, 11) is 1.73. The van der Waals surface area contributed by atoms with E-state index in [1.807, 2.05) is 0 Å². The number of fused-ring (bicyclic) bond motifs is 1. The summed E-state index contributed by atoms with van der Waals surface area (Å²) in [6.45, 7) is 1.71. The van der Waals surface area contributed by atoms with Gasteiger partial charge >= 0.3 is 0 Å². The third-order valence-corrected chi connectivity index (χ3v) is 3.32.